The lowest BCUT2D eigenvalue weighted by Gasteiger charge is -2.20. The highest BCUT2D eigenvalue weighted by Crippen LogP contribution is 2.28. The van der Waals surface area contributed by atoms with E-state index in [0.717, 1.165) is 45.5 Å². The fraction of sp³-hybridized carbons (Fsp3) is 0.583. The molecule has 5 heteroatoms. The van der Waals surface area contributed by atoms with Crippen LogP contribution in [-0.2, 0) is 0 Å². The van der Waals surface area contributed by atoms with Crippen LogP contribution >= 0.6 is 43.2 Å². The molecule has 0 unspecified atom stereocenters. The van der Waals surface area contributed by atoms with Crippen molar-refractivity contribution in [3.05, 3.63) is 20.3 Å². The van der Waals surface area contributed by atoms with Crippen molar-refractivity contribution in [1.82, 2.24) is 4.90 Å². The fourth-order valence-corrected chi connectivity index (χ4v) is 3.42. The van der Waals surface area contributed by atoms with Gasteiger partial charge in [0.05, 0.1) is 8.66 Å². The summed E-state index contributed by atoms with van der Waals surface area (Å²) in [6.45, 7) is 5.77. The molecule has 0 aliphatic carbocycles. The Hall–Kier alpha value is 0.130. The lowest BCUT2D eigenvalue weighted by molar-refractivity contribution is 0.0769. The Morgan fingerprint density at radius 1 is 1.47 bits per heavy atom. The van der Waals surface area contributed by atoms with Crippen LogP contribution < -0.4 is 0 Å². The molecular weight excluding hydrogens is 366 g/mol. The smallest absolute Gasteiger partial charge is 0.263 e. The molecule has 0 N–H and O–H groups in total. The van der Waals surface area contributed by atoms with Gasteiger partial charge in [0.1, 0.15) is 0 Å². The summed E-state index contributed by atoms with van der Waals surface area (Å²) in [7, 11) is 0. The van der Waals surface area contributed by atoms with Crippen molar-refractivity contribution in [3.63, 3.8) is 0 Å². The zero-order valence-corrected chi connectivity index (χ0v) is 14.1. The van der Waals surface area contributed by atoms with E-state index < -0.39 is 0 Å². The Balaban J connectivity index is 2.76. The van der Waals surface area contributed by atoms with Gasteiger partial charge in [0, 0.05) is 18.4 Å². The molecule has 1 aromatic rings. The number of hydrogen-bond acceptors (Lipinski definition) is 2. The molecular formula is C12H17Br2NOS. The molecule has 0 saturated carbocycles. The van der Waals surface area contributed by atoms with E-state index in [2.05, 4.69) is 38.8 Å². The number of halogens is 2. The van der Waals surface area contributed by atoms with Gasteiger partial charge < -0.3 is 4.90 Å². The second kappa shape index (κ2) is 7.54. The molecule has 0 aliphatic heterocycles. The molecule has 1 rings (SSSR count). The van der Waals surface area contributed by atoms with Crippen LogP contribution in [0.2, 0.25) is 0 Å². The summed E-state index contributed by atoms with van der Waals surface area (Å²) in [5.74, 6) is 0.150. The van der Waals surface area contributed by atoms with Crippen LogP contribution in [-0.4, -0.2) is 29.2 Å². The second-order valence-electron chi connectivity index (χ2n) is 3.90. The summed E-state index contributed by atoms with van der Waals surface area (Å²) in [4.78, 5) is 15.1. The molecule has 0 aliphatic rings. The largest absolute Gasteiger partial charge is 0.337 e. The molecule has 17 heavy (non-hydrogen) atoms. The predicted molar refractivity (Wildman–Crippen MR) is 81.4 cm³/mol. The van der Waals surface area contributed by atoms with Crippen LogP contribution in [0.5, 0.6) is 0 Å². The third-order valence-corrected chi connectivity index (χ3v) is 4.97. The highest BCUT2D eigenvalue weighted by Gasteiger charge is 2.17. The summed E-state index contributed by atoms with van der Waals surface area (Å²) >= 11 is 8.39. The van der Waals surface area contributed by atoms with E-state index in [4.69, 9.17) is 0 Å². The van der Waals surface area contributed by atoms with Crippen molar-refractivity contribution in [2.24, 2.45) is 0 Å². The zero-order chi connectivity index (χ0) is 12.8. The number of amides is 1. The van der Waals surface area contributed by atoms with Gasteiger partial charge in [-0.3, -0.25) is 4.79 Å². The Labute approximate surface area is 124 Å². The van der Waals surface area contributed by atoms with Crippen molar-refractivity contribution in [1.29, 1.82) is 0 Å². The maximum atomic E-state index is 12.3. The van der Waals surface area contributed by atoms with E-state index in [-0.39, 0.29) is 5.91 Å². The van der Waals surface area contributed by atoms with E-state index in [9.17, 15) is 4.79 Å². The van der Waals surface area contributed by atoms with Crippen molar-refractivity contribution in [2.45, 2.75) is 26.7 Å². The van der Waals surface area contributed by atoms with Gasteiger partial charge in [-0.2, -0.15) is 0 Å². The first-order chi connectivity index (χ1) is 8.10. The lowest BCUT2D eigenvalue weighted by Crippen LogP contribution is -2.33. The Morgan fingerprint density at radius 3 is 2.65 bits per heavy atom. The third-order valence-electron chi connectivity index (χ3n) is 2.49. The van der Waals surface area contributed by atoms with Crippen LogP contribution in [0.4, 0.5) is 0 Å². The Morgan fingerprint density at radius 2 is 2.18 bits per heavy atom. The van der Waals surface area contributed by atoms with Crippen molar-refractivity contribution in [3.8, 4) is 0 Å². The molecule has 0 fully saturated rings. The van der Waals surface area contributed by atoms with Gasteiger partial charge in [-0.1, -0.05) is 29.3 Å². The monoisotopic (exact) mass is 381 g/mol. The average molecular weight is 383 g/mol. The maximum Gasteiger partial charge on any atom is 0.263 e. The van der Waals surface area contributed by atoms with Gasteiger partial charge in [0.2, 0.25) is 0 Å². The number of alkyl halides is 1. The highest BCUT2D eigenvalue weighted by molar-refractivity contribution is 9.11. The first-order valence-corrected chi connectivity index (χ1v) is 8.44. The molecule has 0 aromatic carbocycles. The molecule has 1 amide bonds. The van der Waals surface area contributed by atoms with Crippen LogP contribution in [0.1, 0.15) is 35.0 Å². The predicted octanol–water partition coefficient (Wildman–Crippen LogP) is 4.46. The Bertz CT molecular complexity index is 359. The number of unbranched alkanes of at least 4 members (excludes halogenated alkanes) is 1. The van der Waals surface area contributed by atoms with Crippen LogP contribution in [0.15, 0.2) is 9.85 Å². The third kappa shape index (κ3) is 4.38. The molecule has 1 aromatic heterocycles. The van der Waals surface area contributed by atoms with Gasteiger partial charge in [-0.05, 0) is 40.9 Å². The van der Waals surface area contributed by atoms with Gasteiger partial charge in [-0.25, -0.2) is 0 Å². The minimum atomic E-state index is 0.150. The average Bonchev–Trinajstić information content (AvgIpc) is 2.64. The molecule has 96 valence electrons. The van der Waals surface area contributed by atoms with Gasteiger partial charge >= 0.3 is 0 Å². The summed E-state index contributed by atoms with van der Waals surface area (Å²) in [6, 6.07) is 1.96. The minimum absolute atomic E-state index is 0.150. The van der Waals surface area contributed by atoms with E-state index in [1.54, 1.807) is 0 Å². The number of aryl methyl sites for hydroxylation is 1. The summed E-state index contributed by atoms with van der Waals surface area (Å²) in [5, 5.41) is 0.827. The van der Waals surface area contributed by atoms with E-state index in [1.165, 1.54) is 11.3 Å². The number of hydrogen-bond donors (Lipinski definition) is 0. The van der Waals surface area contributed by atoms with Gasteiger partial charge in [-0.15, -0.1) is 11.3 Å². The highest BCUT2D eigenvalue weighted by atomic mass is 79.9. The van der Waals surface area contributed by atoms with Gasteiger partial charge in [0.15, 0.2) is 0 Å². The molecule has 0 atom stereocenters. The van der Waals surface area contributed by atoms with Crippen LogP contribution in [0.25, 0.3) is 0 Å². The number of thiophene rings is 1. The van der Waals surface area contributed by atoms with E-state index >= 15 is 0 Å². The number of carbonyl (C=O) groups is 1. The molecule has 0 spiro atoms. The summed E-state index contributed by atoms with van der Waals surface area (Å²) < 4.78 is 1.05. The molecule has 0 bridgehead atoms. The SMILES string of the molecule is CCCCN(CCBr)C(=O)c1cc(C)c(Br)s1. The van der Waals surface area contributed by atoms with Crippen molar-refractivity contribution >= 4 is 49.1 Å². The van der Waals surface area contributed by atoms with Gasteiger partial charge in [0.25, 0.3) is 5.91 Å². The molecule has 0 saturated heterocycles. The molecule has 0 radical (unpaired) electrons. The standard InChI is InChI=1S/C12H17Br2NOS/c1-3-4-6-15(7-5-13)12(16)10-8-9(2)11(14)17-10/h8H,3-7H2,1-2H3. The molecule has 1 heterocycles. The van der Waals surface area contributed by atoms with Crippen LogP contribution in [0, 0.1) is 6.92 Å². The minimum Gasteiger partial charge on any atom is -0.337 e. The number of carbonyl (C=O) groups excluding carboxylic acids is 1. The lowest BCUT2D eigenvalue weighted by atomic mass is 10.3. The van der Waals surface area contributed by atoms with E-state index in [0.29, 0.717) is 0 Å². The number of nitrogens with zero attached hydrogens (tertiary/aromatic N) is 1. The van der Waals surface area contributed by atoms with E-state index in [1.807, 2.05) is 17.9 Å². The second-order valence-corrected chi connectivity index (χ2v) is 7.07. The first kappa shape index (κ1) is 15.2. The first-order valence-electron chi connectivity index (χ1n) is 5.71. The quantitative estimate of drug-likeness (QED) is 0.665. The maximum absolute atomic E-state index is 12.3. The normalized spacial score (nSPS) is 10.6. The fourth-order valence-electron chi connectivity index (χ4n) is 1.49. The summed E-state index contributed by atoms with van der Waals surface area (Å²) in [5.41, 5.74) is 1.13. The van der Waals surface area contributed by atoms with Crippen molar-refractivity contribution in [2.75, 3.05) is 18.4 Å². The van der Waals surface area contributed by atoms with Crippen molar-refractivity contribution < 1.29 is 4.79 Å². The van der Waals surface area contributed by atoms with Crippen LogP contribution in [0.3, 0.4) is 0 Å². The zero-order valence-electron chi connectivity index (χ0n) is 10.1. The number of rotatable bonds is 6. The molecule has 2 nitrogen and oxygen atoms in total. The Kier molecular flexibility index (Phi) is 6.74. The topological polar surface area (TPSA) is 20.3 Å². The summed E-state index contributed by atoms with van der Waals surface area (Å²) in [6.07, 6.45) is 2.17.